The van der Waals surface area contributed by atoms with Crippen LogP contribution in [0, 0.1) is 5.92 Å². The van der Waals surface area contributed by atoms with Gasteiger partial charge in [0.25, 0.3) is 0 Å². The van der Waals surface area contributed by atoms with Gasteiger partial charge in [-0.1, -0.05) is 37.3 Å². The summed E-state index contributed by atoms with van der Waals surface area (Å²) in [5, 5.41) is 0. The van der Waals surface area contributed by atoms with Crippen LogP contribution in [0.1, 0.15) is 18.9 Å². The van der Waals surface area contributed by atoms with Crippen molar-refractivity contribution in [3.05, 3.63) is 35.9 Å². The molecule has 1 fully saturated rings. The van der Waals surface area contributed by atoms with Crippen molar-refractivity contribution in [2.24, 2.45) is 11.7 Å². The highest BCUT2D eigenvalue weighted by Crippen LogP contribution is 2.15. The Morgan fingerprint density at radius 3 is 2.69 bits per heavy atom. The summed E-state index contributed by atoms with van der Waals surface area (Å²) in [7, 11) is 0. The molecule has 2 atom stereocenters. The SMILES string of the molecule is CC1CC(N)CN(CCc2ccccc2)C1. The first kappa shape index (κ1) is 11.6. The molecule has 0 saturated carbocycles. The summed E-state index contributed by atoms with van der Waals surface area (Å²) < 4.78 is 0. The van der Waals surface area contributed by atoms with E-state index in [1.54, 1.807) is 0 Å². The summed E-state index contributed by atoms with van der Waals surface area (Å²) in [5.41, 5.74) is 7.47. The molecule has 1 aromatic rings. The van der Waals surface area contributed by atoms with E-state index in [4.69, 9.17) is 5.73 Å². The molecular weight excluding hydrogens is 196 g/mol. The van der Waals surface area contributed by atoms with Crippen molar-refractivity contribution in [2.45, 2.75) is 25.8 Å². The maximum atomic E-state index is 6.04. The van der Waals surface area contributed by atoms with Crippen LogP contribution in [0.2, 0.25) is 0 Å². The Labute approximate surface area is 98.4 Å². The lowest BCUT2D eigenvalue weighted by atomic mass is 9.96. The zero-order chi connectivity index (χ0) is 11.4. The van der Waals surface area contributed by atoms with Crippen LogP contribution in [0.3, 0.4) is 0 Å². The fraction of sp³-hybridized carbons (Fsp3) is 0.571. The largest absolute Gasteiger partial charge is 0.327 e. The number of hydrogen-bond acceptors (Lipinski definition) is 2. The normalized spacial score (nSPS) is 26.9. The Hall–Kier alpha value is -0.860. The van der Waals surface area contributed by atoms with Crippen molar-refractivity contribution in [3.8, 4) is 0 Å². The Bertz CT molecular complexity index is 300. The maximum absolute atomic E-state index is 6.04. The average Bonchev–Trinajstić information content (AvgIpc) is 2.27. The van der Waals surface area contributed by atoms with Gasteiger partial charge in [0, 0.05) is 25.7 Å². The van der Waals surface area contributed by atoms with Crippen molar-refractivity contribution < 1.29 is 0 Å². The lowest BCUT2D eigenvalue weighted by molar-refractivity contribution is 0.167. The Kier molecular flexibility index (Phi) is 3.97. The minimum absolute atomic E-state index is 0.375. The quantitative estimate of drug-likeness (QED) is 0.839. The van der Waals surface area contributed by atoms with Crippen LogP contribution >= 0.6 is 0 Å². The summed E-state index contributed by atoms with van der Waals surface area (Å²) >= 11 is 0. The third kappa shape index (κ3) is 3.32. The molecule has 0 bridgehead atoms. The summed E-state index contributed by atoms with van der Waals surface area (Å²) in [4.78, 5) is 2.51. The van der Waals surface area contributed by atoms with Gasteiger partial charge in [-0.05, 0) is 24.3 Å². The predicted octanol–water partition coefficient (Wildman–Crippen LogP) is 1.90. The number of nitrogens with two attached hydrogens (primary N) is 1. The van der Waals surface area contributed by atoms with Crippen LogP contribution in [0.4, 0.5) is 0 Å². The highest BCUT2D eigenvalue weighted by molar-refractivity contribution is 5.14. The van der Waals surface area contributed by atoms with E-state index in [-0.39, 0.29) is 0 Å². The first-order valence-electron chi connectivity index (χ1n) is 6.26. The van der Waals surface area contributed by atoms with Crippen LogP contribution in [0.25, 0.3) is 0 Å². The van der Waals surface area contributed by atoms with Crippen LogP contribution in [-0.4, -0.2) is 30.6 Å². The molecule has 2 heteroatoms. The number of rotatable bonds is 3. The first-order chi connectivity index (χ1) is 7.74. The van der Waals surface area contributed by atoms with Gasteiger partial charge in [0.2, 0.25) is 0 Å². The average molecular weight is 218 g/mol. The lowest BCUT2D eigenvalue weighted by Crippen LogP contribution is -2.46. The Morgan fingerprint density at radius 2 is 2.00 bits per heavy atom. The molecule has 0 spiro atoms. The minimum Gasteiger partial charge on any atom is -0.327 e. The topological polar surface area (TPSA) is 29.3 Å². The van der Waals surface area contributed by atoms with E-state index in [1.165, 1.54) is 18.5 Å². The van der Waals surface area contributed by atoms with Crippen molar-refractivity contribution in [1.29, 1.82) is 0 Å². The Morgan fingerprint density at radius 1 is 1.25 bits per heavy atom. The smallest absolute Gasteiger partial charge is 0.0170 e. The van der Waals surface area contributed by atoms with Crippen LogP contribution in [-0.2, 0) is 6.42 Å². The fourth-order valence-electron chi connectivity index (χ4n) is 2.63. The van der Waals surface area contributed by atoms with Gasteiger partial charge in [0.05, 0.1) is 0 Å². The van der Waals surface area contributed by atoms with Gasteiger partial charge >= 0.3 is 0 Å². The van der Waals surface area contributed by atoms with Gasteiger partial charge in [-0.15, -0.1) is 0 Å². The summed E-state index contributed by atoms with van der Waals surface area (Å²) in [5.74, 6) is 0.750. The first-order valence-corrected chi connectivity index (χ1v) is 6.26. The van der Waals surface area contributed by atoms with Crippen LogP contribution < -0.4 is 5.73 Å². The van der Waals surface area contributed by atoms with Gasteiger partial charge < -0.3 is 10.6 Å². The van der Waals surface area contributed by atoms with Crippen molar-refractivity contribution in [2.75, 3.05) is 19.6 Å². The second-order valence-corrected chi connectivity index (χ2v) is 5.10. The molecular formula is C14H22N2. The number of hydrogen-bond donors (Lipinski definition) is 1. The van der Waals surface area contributed by atoms with Gasteiger partial charge in [0.15, 0.2) is 0 Å². The zero-order valence-corrected chi connectivity index (χ0v) is 10.1. The van der Waals surface area contributed by atoms with Crippen molar-refractivity contribution in [3.63, 3.8) is 0 Å². The van der Waals surface area contributed by atoms with E-state index < -0.39 is 0 Å². The minimum atomic E-state index is 0.375. The molecule has 1 saturated heterocycles. The van der Waals surface area contributed by atoms with Crippen LogP contribution in [0.15, 0.2) is 30.3 Å². The molecule has 0 radical (unpaired) electrons. The van der Waals surface area contributed by atoms with Crippen molar-refractivity contribution >= 4 is 0 Å². The molecule has 1 aliphatic rings. The maximum Gasteiger partial charge on any atom is 0.0170 e. The molecule has 2 nitrogen and oxygen atoms in total. The number of nitrogens with zero attached hydrogens (tertiary/aromatic N) is 1. The van der Waals surface area contributed by atoms with Crippen LogP contribution in [0.5, 0.6) is 0 Å². The molecule has 0 aromatic heterocycles. The monoisotopic (exact) mass is 218 g/mol. The van der Waals surface area contributed by atoms with Crippen molar-refractivity contribution in [1.82, 2.24) is 4.90 Å². The fourth-order valence-corrected chi connectivity index (χ4v) is 2.63. The van der Waals surface area contributed by atoms with E-state index in [9.17, 15) is 0 Å². The lowest BCUT2D eigenvalue weighted by Gasteiger charge is -2.34. The van der Waals surface area contributed by atoms with Gasteiger partial charge in [-0.2, -0.15) is 0 Å². The predicted molar refractivity (Wildman–Crippen MR) is 68.3 cm³/mol. The van der Waals surface area contributed by atoms with E-state index in [2.05, 4.69) is 42.2 Å². The molecule has 2 unspecified atom stereocenters. The summed E-state index contributed by atoms with van der Waals surface area (Å²) in [6, 6.07) is 11.1. The number of piperidine rings is 1. The Balaban J connectivity index is 1.81. The second kappa shape index (κ2) is 5.46. The van der Waals surface area contributed by atoms with Gasteiger partial charge in [-0.3, -0.25) is 0 Å². The molecule has 88 valence electrons. The standard InChI is InChI=1S/C14H22N2/c1-12-9-14(15)11-16(10-12)8-7-13-5-3-2-4-6-13/h2-6,12,14H,7-11,15H2,1H3. The third-order valence-electron chi connectivity index (χ3n) is 3.33. The van der Waals surface area contributed by atoms with Gasteiger partial charge in [-0.25, -0.2) is 0 Å². The summed E-state index contributed by atoms with van der Waals surface area (Å²) in [6.07, 6.45) is 2.32. The molecule has 2 rings (SSSR count). The highest BCUT2D eigenvalue weighted by Gasteiger charge is 2.21. The van der Waals surface area contributed by atoms with E-state index in [0.29, 0.717) is 6.04 Å². The van der Waals surface area contributed by atoms with E-state index in [0.717, 1.165) is 25.4 Å². The molecule has 0 aliphatic carbocycles. The van der Waals surface area contributed by atoms with E-state index >= 15 is 0 Å². The molecule has 1 heterocycles. The number of benzene rings is 1. The molecule has 0 amide bonds. The third-order valence-corrected chi connectivity index (χ3v) is 3.33. The molecule has 1 aromatic carbocycles. The molecule has 2 N–H and O–H groups in total. The number of likely N-dealkylation sites (tertiary alicyclic amines) is 1. The molecule has 16 heavy (non-hydrogen) atoms. The van der Waals surface area contributed by atoms with E-state index in [1.807, 2.05) is 0 Å². The zero-order valence-electron chi connectivity index (χ0n) is 10.1. The highest BCUT2D eigenvalue weighted by atomic mass is 15.1. The summed E-state index contributed by atoms with van der Waals surface area (Å²) in [6.45, 7) is 5.72. The van der Waals surface area contributed by atoms with Gasteiger partial charge in [0.1, 0.15) is 0 Å². The second-order valence-electron chi connectivity index (χ2n) is 5.10. The molecule has 1 aliphatic heterocycles.